The van der Waals surface area contributed by atoms with Gasteiger partial charge in [0.2, 0.25) is 0 Å². The van der Waals surface area contributed by atoms with Crippen LogP contribution in [0.25, 0.3) is 0 Å². The Kier molecular flexibility index (Phi) is 22.8. The summed E-state index contributed by atoms with van der Waals surface area (Å²) >= 11 is 0. The third-order valence-electron chi connectivity index (χ3n) is 4.76. The second kappa shape index (κ2) is 23.9. The molecule has 0 amide bonds. The van der Waals surface area contributed by atoms with E-state index in [1.165, 1.54) is 103 Å². The van der Waals surface area contributed by atoms with Gasteiger partial charge in [-0.05, 0) is 25.0 Å². The van der Waals surface area contributed by atoms with Crippen molar-refractivity contribution < 1.29 is 0 Å². The van der Waals surface area contributed by atoms with E-state index in [1.807, 2.05) is 12.2 Å². The van der Waals surface area contributed by atoms with Crippen molar-refractivity contribution in [2.45, 2.75) is 129 Å². The highest BCUT2D eigenvalue weighted by Crippen LogP contribution is 2.10. The monoisotopic (exact) mass is 356 g/mol. The fourth-order valence-corrected chi connectivity index (χ4v) is 3.04. The molecule has 0 nitrogen and oxygen atoms in total. The van der Waals surface area contributed by atoms with Crippen LogP contribution in [-0.2, 0) is 0 Å². The van der Waals surface area contributed by atoms with E-state index in [0.717, 1.165) is 12.8 Å². The maximum Gasteiger partial charge on any atom is 0.00922 e. The van der Waals surface area contributed by atoms with Crippen molar-refractivity contribution in [3.05, 3.63) is 12.2 Å². The highest BCUT2D eigenvalue weighted by Gasteiger charge is 1.91. The Morgan fingerprint density at radius 2 is 0.731 bits per heavy atom. The van der Waals surface area contributed by atoms with E-state index in [-0.39, 0.29) is 0 Å². The molecule has 0 aromatic rings. The molecule has 0 fully saturated rings. The zero-order valence-corrected chi connectivity index (χ0v) is 17.9. The predicted molar refractivity (Wildman–Crippen MR) is 119 cm³/mol. The molecule has 0 radical (unpaired) electrons. The van der Waals surface area contributed by atoms with Crippen LogP contribution in [0.15, 0.2) is 12.2 Å². The Balaban J connectivity index is 3.33. The second-order valence-electron chi connectivity index (χ2n) is 7.43. The van der Waals surface area contributed by atoms with Crippen LogP contribution in [0.4, 0.5) is 0 Å². The smallest absolute Gasteiger partial charge is 0.00922 e. The van der Waals surface area contributed by atoms with E-state index in [9.17, 15) is 0 Å². The molecule has 0 spiro atoms. The van der Waals surface area contributed by atoms with Gasteiger partial charge < -0.3 is 0 Å². The van der Waals surface area contributed by atoms with Crippen molar-refractivity contribution >= 4 is 0 Å². The number of rotatable bonds is 16. The normalized spacial score (nSPS) is 10.4. The minimum absolute atomic E-state index is 1.03. The van der Waals surface area contributed by atoms with E-state index < -0.39 is 0 Å². The molecule has 26 heavy (non-hydrogen) atoms. The van der Waals surface area contributed by atoms with Crippen molar-refractivity contribution in [3.63, 3.8) is 0 Å². The van der Waals surface area contributed by atoms with Crippen molar-refractivity contribution in [2.75, 3.05) is 0 Å². The fraction of sp³-hybridized carbons (Fsp3) is 0.769. The van der Waals surface area contributed by atoms with Gasteiger partial charge in [-0.2, -0.15) is 0 Å². The largest absolute Gasteiger partial charge is 0.0985 e. The standard InChI is InChI=1S/C26H44/c1-3-5-7-9-11-13-15-17-19-21-23-25-26-24-22-20-18-16-14-12-10-8-6-4-2/h25-26H,3-20H2,1-2H3/b26-25-. The lowest BCUT2D eigenvalue weighted by atomic mass is 10.1. The van der Waals surface area contributed by atoms with Crippen LogP contribution in [0.3, 0.4) is 0 Å². The molecule has 0 aliphatic rings. The lowest BCUT2D eigenvalue weighted by Gasteiger charge is -1.99. The average molecular weight is 357 g/mol. The molecule has 0 aromatic heterocycles. The summed E-state index contributed by atoms with van der Waals surface area (Å²) in [5.74, 6) is 12.7. The summed E-state index contributed by atoms with van der Waals surface area (Å²) in [7, 11) is 0. The van der Waals surface area contributed by atoms with Gasteiger partial charge in [0.1, 0.15) is 0 Å². The van der Waals surface area contributed by atoms with Crippen LogP contribution in [0.5, 0.6) is 0 Å². The molecule has 0 heterocycles. The SMILES string of the molecule is CCCCCCCCCCC#C/C=C\C#CCCCCCCCCCC. The van der Waals surface area contributed by atoms with E-state index in [1.54, 1.807) is 0 Å². The molecular formula is C26H44. The van der Waals surface area contributed by atoms with Crippen LogP contribution < -0.4 is 0 Å². The van der Waals surface area contributed by atoms with Crippen molar-refractivity contribution in [1.29, 1.82) is 0 Å². The van der Waals surface area contributed by atoms with E-state index in [0.29, 0.717) is 0 Å². The number of hydrogen-bond donors (Lipinski definition) is 0. The first-order chi connectivity index (χ1) is 12.9. The Hall–Kier alpha value is -1.14. The van der Waals surface area contributed by atoms with Gasteiger partial charge in [0.15, 0.2) is 0 Å². The third-order valence-corrected chi connectivity index (χ3v) is 4.76. The van der Waals surface area contributed by atoms with Crippen molar-refractivity contribution in [3.8, 4) is 23.7 Å². The van der Waals surface area contributed by atoms with Crippen molar-refractivity contribution in [2.24, 2.45) is 0 Å². The van der Waals surface area contributed by atoms with Gasteiger partial charge >= 0.3 is 0 Å². The molecule has 0 aliphatic heterocycles. The third kappa shape index (κ3) is 22.9. The molecule has 0 atom stereocenters. The molecule has 0 N–H and O–H groups in total. The van der Waals surface area contributed by atoms with Crippen LogP contribution in [0.1, 0.15) is 129 Å². The minimum Gasteiger partial charge on any atom is -0.0985 e. The summed E-state index contributed by atoms with van der Waals surface area (Å²) < 4.78 is 0. The van der Waals surface area contributed by atoms with Gasteiger partial charge in [-0.3, -0.25) is 0 Å². The Bertz CT molecular complexity index is 367. The van der Waals surface area contributed by atoms with Crippen LogP contribution in [0, 0.1) is 23.7 Å². The molecule has 0 saturated carbocycles. The molecule has 0 rings (SSSR count). The van der Waals surface area contributed by atoms with Crippen LogP contribution in [-0.4, -0.2) is 0 Å². The first kappa shape index (κ1) is 24.9. The Morgan fingerprint density at radius 3 is 1.08 bits per heavy atom. The quantitative estimate of drug-likeness (QED) is 0.192. The molecule has 0 heteroatoms. The van der Waals surface area contributed by atoms with E-state index >= 15 is 0 Å². The molecule has 0 bridgehead atoms. The lowest BCUT2D eigenvalue weighted by Crippen LogP contribution is -1.80. The molecular weight excluding hydrogens is 312 g/mol. The first-order valence-corrected chi connectivity index (χ1v) is 11.5. The second-order valence-corrected chi connectivity index (χ2v) is 7.43. The van der Waals surface area contributed by atoms with Gasteiger partial charge in [0.25, 0.3) is 0 Å². The Labute approximate surface area is 165 Å². The van der Waals surface area contributed by atoms with Crippen LogP contribution >= 0.6 is 0 Å². The molecule has 148 valence electrons. The highest BCUT2D eigenvalue weighted by atomic mass is 14.0. The summed E-state index contributed by atoms with van der Waals surface area (Å²) in [6.45, 7) is 4.55. The topological polar surface area (TPSA) is 0 Å². The average Bonchev–Trinajstić information content (AvgIpc) is 2.66. The predicted octanol–water partition coefficient (Wildman–Crippen LogP) is 8.61. The highest BCUT2D eigenvalue weighted by molar-refractivity contribution is 5.24. The van der Waals surface area contributed by atoms with Gasteiger partial charge in [0.05, 0.1) is 0 Å². The maximum atomic E-state index is 3.23. The summed E-state index contributed by atoms with van der Waals surface area (Å²) in [5, 5.41) is 0. The molecule has 0 aliphatic carbocycles. The maximum absolute atomic E-state index is 3.23. The van der Waals surface area contributed by atoms with E-state index in [4.69, 9.17) is 0 Å². The Morgan fingerprint density at radius 1 is 0.423 bits per heavy atom. The fourth-order valence-electron chi connectivity index (χ4n) is 3.04. The first-order valence-electron chi connectivity index (χ1n) is 11.5. The lowest BCUT2D eigenvalue weighted by molar-refractivity contribution is 0.579. The number of allylic oxidation sites excluding steroid dienone is 2. The van der Waals surface area contributed by atoms with Crippen molar-refractivity contribution in [1.82, 2.24) is 0 Å². The summed E-state index contributed by atoms with van der Waals surface area (Å²) in [5.41, 5.74) is 0. The van der Waals surface area contributed by atoms with Gasteiger partial charge in [-0.15, -0.1) is 0 Å². The molecule has 0 saturated heterocycles. The zero-order valence-electron chi connectivity index (χ0n) is 17.9. The summed E-state index contributed by atoms with van der Waals surface area (Å²) in [4.78, 5) is 0. The zero-order chi connectivity index (χ0) is 19.0. The number of unbranched alkanes of at least 4 members (excludes halogenated alkanes) is 16. The summed E-state index contributed by atoms with van der Waals surface area (Å²) in [6, 6.07) is 0. The number of hydrogen-bond acceptors (Lipinski definition) is 0. The van der Waals surface area contributed by atoms with Gasteiger partial charge in [-0.1, -0.05) is 127 Å². The molecule has 0 aromatic carbocycles. The van der Waals surface area contributed by atoms with Gasteiger partial charge in [-0.25, -0.2) is 0 Å². The van der Waals surface area contributed by atoms with E-state index in [2.05, 4.69) is 37.5 Å². The van der Waals surface area contributed by atoms with Gasteiger partial charge in [0, 0.05) is 12.8 Å². The minimum atomic E-state index is 1.03. The molecule has 0 unspecified atom stereocenters. The van der Waals surface area contributed by atoms with Crippen LogP contribution in [0.2, 0.25) is 0 Å². The summed E-state index contributed by atoms with van der Waals surface area (Å²) in [6.07, 6.45) is 27.8.